The van der Waals surface area contributed by atoms with Gasteiger partial charge < -0.3 is 5.32 Å². The van der Waals surface area contributed by atoms with E-state index in [0.29, 0.717) is 10.0 Å². The number of nitrogens with zero attached hydrogens (tertiary/aromatic N) is 2. The Morgan fingerprint density at radius 2 is 1.42 bits per heavy atom. The second-order valence-electron chi connectivity index (χ2n) is 7.13. The minimum atomic E-state index is 0.645. The molecule has 0 unspecified atom stereocenters. The molecule has 0 spiro atoms. The third kappa shape index (κ3) is 3.72. The van der Waals surface area contributed by atoms with Crippen molar-refractivity contribution in [1.82, 2.24) is 4.57 Å². The van der Waals surface area contributed by atoms with Gasteiger partial charge in [0.05, 0.1) is 11.8 Å². The summed E-state index contributed by atoms with van der Waals surface area (Å²) in [5.74, 6) is 1.02. The highest BCUT2D eigenvalue weighted by Crippen LogP contribution is 2.28. The van der Waals surface area contributed by atoms with Crippen molar-refractivity contribution in [1.29, 1.82) is 0 Å². The molecule has 0 amide bonds. The molecule has 5 aromatic rings. The predicted octanol–water partition coefficient (Wildman–Crippen LogP) is 6.32. The molecule has 0 saturated carbocycles. The zero-order chi connectivity index (χ0) is 21.2. The molecule has 5 rings (SSSR count). The van der Waals surface area contributed by atoms with E-state index < -0.39 is 0 Å². The number of benzene rings is 3. The first kappa shape index (κ1) is 19.5. The maximum absolute atomic E-state index is 6.19. The minimum Gasteiger partial charge on any atom is -0.343 e. The molecule has 0 aliphatic rings. The number of thiocarbonyl (C=S) groups is 1. The van der Waals surface area contributed by atoms with Crippen molar-refractivity contribution in [3.05, 3.63) is 120 Å². The largest absolute Gasteiger partial charge is 0.343 e. The zero-order valence-electron chi connectivity index (χ0n) is 16.6. The van der Waals surface area contributed by atoms with E-state index in [1.165, 1.54) is 0 Å². The van der Waals surface area contributed by atoms with Gasteiger partial charge >= 0.3 is 0 Å². The number of aromatic nitrogens is 2. The number of para-hydroxylation sites is 1. The van der Waals surface area contributed by atoms with Crippen LogP contribution in [0.1, 0.15) is 5.69 Å². The summed E-state index contributed by atoms with van der Waals surface area (Å²) >= 11 is 12.1. The van der Waals surface area contributed by atoms with Gasteiger partial charge in [0.25, 0.3) is 5.82 Å². The van der Waals surface area contributed by atoms with Crippen LogP contribution in [0.15, 0.2) is 109 Å². The molecule has 0 radical (unpaired) electrons. The lowest BCUT2D eigenvalue weighted by molar-refractivity contribution is -0.499. The van der Waals surface area contributed by atoms with Crippen molar-refractivity contribution in [3.63, 3.8) is 0 Å². The summed E-state index contributed by atoms with van der Waals surface area (Å²) in [4.78, 5) is 0.645. The van der Waals surface area contributed by atoms with Gasteiger partial charge in [-0.25, -0.2) is 0 Å². The standard InChI is InChI=1S/C26H18ClN3S/c27-20-14-16-22(17-15-20)30-24(25(31)28-21-11-5-2-6-12-21)23-13-7-8-18-29(23)26(30)19-9-3-1-4-10-19/h1-18H/p+1. The van der Waals surface area contributed by atoms with Crippen LogP contribution in [0.3, 0.4) is 0 Å². The van der Waals surface area contributed by atoms with Crippen LogP contribution in [0.5, 0.6) is 0 Å². The van der Waals surface area contributed by atoms with Crippen molar-refractivity contribution in [2.45, 2.75) is 0 Å². The van der Waals surface area contributed by atoms with E-state index in [-0.39, 0.29) is 0 Å². The third-order valence-corrected chi connectivity index (χ3v) is 5.68. The second-order valence-corrected chi connectivity index (χ2v) is 7.97. The molecular weight excluding hydrogens is 422 g/mol. The Bertz CT molecular complexity index is 1360. The van der Waals surface area contributed by atoms with Gasteiger partial charge in [0.2, 0.25) is 5.69 Å². The summed E-state index contributed by atoms with van der Waals surface area (Å²) in [6, 6.07) is 34.3. The van der Waals surface area contributed by atoms with Gasteiger partial charge in [-0.05, 0) is 60.7 Å². The summed E-state index contributed by atoms with van der Waals surface area (Å²) in [7, 11) is 0. The second kappa shape index (κ2) is 8.34. The van der Waals surface area contributed by atoms with Crippen LogP contribution >= 0.6 is 23.8 Å². The Labute approximate surface area is 191 Å². The number of nitrogens with one attached hydrogen (secondary N) is 1. The van der Waals surface area contributed by atoms with Crippen LogP contribution in [0.2, 0.25) is 5.02 Å². The molecule has 31 heavy (non-hydrogen) atoms. The van der Waals surface area contributed by atoms with Gasteiger partial charge in [-0.1, -0.05) is 66.3 Å². The summed E-state index contributed by atoms with van der Waals surface area (Å²) in [5, 5.41) is 4.10. The van der Waals surface area contributed by atoms with Gasteiger partial charge in [0.1, 0.15) is 5.69 Å². The van der Waals surface area contributed by atoms with E-state index in [1.54, 1.807) is 0 Å². The molecule has 0 fully saturated rings. The number of rotatable bonds is 4. The Morgan fingerprint density at radius 3 is 2.13 bits per heavy atom. The molecule has 0 saturated heterocycles. The first-order chi connectivity index (χ1) is 15.2. The Balaban J connectivity index is 1.80. The Kier molecular flexibility index (Phi) is 5.24. The van der Waals surface area contributed by atoms with E-state index in [2.05, 4.69) is 38.7 Å². The Hall–Kier alpha value is -3.47. The van der Waals surface area contributed by atoms with E-state index in [4.69, 9.17) is 23.8 Å². The number of hydrogen-bond acceptors (Lipinski definition) is 1. The number of hydrogen-bond donors (Lipinski definition) is 1. The van der Waals surface area contributed by atoms with Crippen molar-refractivity contribution in [2.24, 2.45) is 0 Å². The fourth-order valence-electron chi connectivity index (χ4n) is 3.78. The third-order valence-electron chi connectivity index (χ3n) is 5.13. The average molecular weight is 441 g/mol. The molecular formula is C26H19ClN3S+. The monoisotopic (exact) mass is 440 g/mol. The highest BCUT2D eigenvalue weighted by atomic mass is 35.5. The van der Waals surface area contributed by atoms with Crippen LogP contribution in [0.25, 0.3) is 22.6 Å². The molecule has 3 aromatic carbocycles. The highest BCUT2D eigenvalue weighted by molar-refractivity contribution is 7.81. The van der Waals surface area contributed by atoms with Gasteiger partial charge in [0.15, 0.2) is 10.5 Å². The topological polar surface area (TPSA) is 21.1 Å². The summed E-state index contributed by atoms with van der Waals surface area (Å²) in [5.41, 5.74) is 4.96. The first-order valence-corrected chi connectivity index (χ1v) is 10.7. The van der Waals surface area contributed by atoms with Gasteiger partial charge in [-0.2, -0.15) is 8.97 Å². The smallest absolute Gasteiger partial charge is 0.299 e. The predicted molar refractivity (Wildman–Crippen MR) is 131 cm³/mol. The highest BCUT2D eigenvalue weighted by Gasteiger charge is 2.30. The SMILES string of the molecule is S=C(Nc1ccccc1)c1c2cccc[n+]2c(-c2ccccc2)n1-c1ccc(Cl)cc1. The van der Waals surface area contributed by atoms with Crippen LogP contribution in [0.4, 0.5) is 5.69 Å². The fourth-order valence-corrected chi connectivity index (χ4v) is 4.22. The summed E-state index contributed by atoms with van der Waals surface area (Å²) in [6.07, 6.45) is 2.07. The number of halogens is 1. The average Bonchev–Trinajstić information content (AvgIpc) is 3.16. The number of pyridine rings is 1. The quantitative estimate of drug-likeness (QED) is 0.260. The van der Waals surface area contributed by atoms with Crippen molar-refractivity contribution < 1.29 is 4.40 Å². The van der Waals surface area contributed by atoms with Crippen LogP contribution in [0, 0.1) is 0 Å². The molecule has 5 heteroatoms. The summed E-state index contributed by atoms with van der Waals surface area (Å²) in [6.45, 7) is 0. The molecule has 150 valence electrons. The van der Waals surface area contributed by atoms with E-state index in [0.717, 1.165) is 34.0 Å². The fraction of sp³-hybridized carbons (Fsp3) is 0. The molecule has 0 bridgehead atoms. The van der Waals surface area contributed by atoms with Gasteiger partial charge in [-0.3, -0.25) is 0 Å². The van der Waals surface area contributed by atoms with Crippen molar-refractivity contribution in [2.75, 3.05) is 5.32 Å². The van der Waals surface area contributed by atoms with Crippen molar-refractivity contribution >= 4 is 40.0 Å². The van der Waals surface area contributed by atoms with E-state index >= 15 is 0 Å². The lowest BCUT2D eigenvalue weighted by Gasteiger charge is -2.09. The number of imidazole rings is 1. The summed E-state index contributed by atoms with van der Waals surface area (Å²) < 4.78 is 4.37. The lowest BCUT2D eigenvalue weighted by atomic mass is 10.2. The van der Waals surface area contributed by atoms with E-state index in [9.17, 15) is 0 Å². The molecule has 2 aromatic heterocycles. The minimum absolute atomic E-state index is 0.645. The molecule has 0 aliphatic heterocycles. The van der Waals surface area contributed by atoms with Crippen LogP contribution < -0.4 is 9.72 Å². The van der Waals surface area contributed by atoms with Gasteiger partial charge in [-0.15, -0.1) is 0 Å². The Morgan fingerprint density at radius 1 is 0.774 bits per heavy atom. The maximum Gasteiger partial charge on any atom is 0.299 e. The molecule has 1 N–H and O–H groups in total. The number of fused-ring (bicyclic) bond motifs is 1. The molecule has 2 heterocycles. The molecule has 0 atom stereocenters. The van der Waals surface area contributed by atoms with Crippen LogP contribution in [-0.4, -0.2) is 9.56 Å². The molecule has 0 aliphatic carbocycles. The van der Waals surface area contributed by atoms with Crippen LogP contribution in [-0.2, 0) is 0 Å². The van der Waals surface area contributed by atoms with Gasteiger partial charge in [0, 0.05) is 10.7 Å². The maximum atomic E-state index is 6.19. The molecule has 3 nitrogen and oxygen atoms in total. The lowest BCUT2D eigenvalue weighted by Crippen LogP contribution is -2.22. The number of anilines is 1. The normalized spacial score (nSPS) is 10.9. The zero-order valence-corrected chi connectivity index (χ0v) is 18.1. The first-order valence-electron chi connectivity index (χ1n) is 9.95. The van der Waals surface area contributed by atoms with E-state index in [1.807, 2.05) is 84.9 Å². The van der Waals surface area contributed by atoms with Crippen molar-refractivity contribution in [3.8, 4) is 17.1 Å².